The number of ether oxygens (including phenoxy) is 2. The Hall–Kier alpha value is -1.39. The Labute approximate surface area is 111 Å². The van der Waals surface area contributed by atoms with Gasteiger partial charge in [0.1, 0.15) is 5.76 Å². The van der Waals surface area contributed by atoms with Gasteiger partial charge in [-0.2, -0.15) is 0 Å². The average Bonchev–Trinajstić information content (AvgIpc) is 3.02. The minimum Gasteiger partial charge on any atom is -0.464 e. The maximum atomic E-state index is 11.9. The minimum absolute atomic E-state index is 0.123. The van der Waals surface area contributed by atoms with E-state index in [0.717, 1.165) is 22.5 Å². The van der Waals surface area contributed by atoms with Crippen molar-refractivity contribution in [2.24, 2.45) is 5.41 Å². The van der Waals surface area contributed by atoms with Gasteiger partial charge in [-0.15, -0.1) is 0 Å². The van der Waals surface area contributed by atoms with Crippen LogP contribution < -0.4 is 0 Å². The molecule has 3 aliphatic rings. The maximum absolute atomic E-state index is 11.9. The Bertz CT molecular complexity index is 604. The van der Waals surface area contributed by atoms with E-state index in [1.807, 2.05) is 6.92 Å². The Morgan fingerprint density at radius 1 is 1.21 bits per heavy atom. The van der Waals surface area contributed by atoms with Crippen LogP contribution in [0.1, 0.15) is 30.2 Å². The Morgan fingerprint density at radius 2 is 1.95 bits per heavy atom. The predicted molar refractivity (Wildman–Crippen MR) is 67.5 cm³/mol. The summed E-state index contributed by atoms with van der Waals surface area (Å²) in [5.74, 6) is 0.264. The van der Waals surface area contributed by atoms with Crippen LogP contribution in [0.15, 0.2) is 16.8 Å². The van der Waals surface area contributed by atoms with E-state index in [-0.39, 0.29) is 5.78 Å². The number of rotatable bonds is 0. The molecule has 4 heteroatoms. The zero-order chi connectivity index (χ0) is 13.3. The molecule has 1 spiro atoms. The molecule has 1 atom stereocenters. The van der Waals surface area contributed by atoms with Crippen LogP contribution in [0.2, 0.25) is 0 Å². The van der Waals surface area contributed by atoms with E-state index >= 15 is 0 Å². The van der Waals surface area contributed by atoms with Gasteiger partial charge in [-0.3, -0.25) is 4.79 Å². The molecule has 1 unspecified atom stereocenters. The van der Waals surface area contributed by atoms with Crippen molar-refractivity contribution in [2.45, 2.75) is 32.5 Å². The fraction of sp³-hybridized carbons (Fsp3) is 0.533. The van der Waals surface area contributed by atoms with E-state index in [1.165, 1.54) is 0 Å². The van der Waals surface area contributed by atoms with Crippen molar-refractivity contribution in [1.82, 2.24) is 0 Å². The molecule has 2 aliphatic carbocycles. The SMILES string of the molecule is Cc1coc2c1CC1(OCCO1)C1(C)CC(=O)C=C21. The molecular formula is C15H16O4. The molecule has 4 nitrogen and oxygen atoms in total. The van der Waals surface area contributed by atoms with E-state index < -0.39 is 11.2 Å². The summed E-state index contributed by atoms with van der Waals surface area (Å²) in [5.41, 5.74) is 2.71. The summed E-state index contributed by atoms with van der Waals surface area (Å²) in [6.07, 6.45) is 4.55. The van der Waals surface area contributed by atoms with Crippen molar-refractivity contribution < 1.29 is 18.7 Å². The van der Waals surface area contributed by atoms with Gasteiger partial charge in [0.2, 0.25) is 0 Å². The number of allylic oxidation sites excluding steroid dienone is 1. The summed E-state index contributed by atoms with van der Waals surface area (Å²) in [7, 11) is 0. The number of ketones is 1. The largest absolute Gasteiger partial charge is 0.464 e. The second-order valence-corrected chi connectivity index (χ2v) is 5.89. The fourth-order valence-electron chi connectivity index (χ4n) is 3.69. The topological polar surface area (TPSA) is 48.7 Å². The van der Waals surface area contributed by atoms with Gasteiger partial charge in [0.15, 0.2) is 11.6 Å². The molecule has 1 saturated heterocycles. The number of carbonyl (C=O) groups is 1. The van der Waals surface area contributed by atoms with Crippen molar-refractivity contribution >= 4 is 11.4 Å². The Balaban J connectivity index is 1.98. The number of carbonyl (C=O) groups excluding carboxylic acids is 1. The maximum Gasteiger partial charge on any atom is 0.182 e. The molecule has 4 rings (SSSR count). The molecule has 0 aromatic carbocycles. The molecule has 0 radical (unpaired) electrons. The van der Waals surface area contributed by atoms with Gasteiger partial charge < -0.3 is 13.9 Å². The van der Waals surface area contributed by atoms with E-state index in [2.05, 4.69) is 6.92 Å². The van der Waals surface area contributed by atoms with Crippen molar-refractivity contribution in [3.05, 3.63) is 29.2 Å². The third-order valence-corrected chi connectivity index (χ3v) is 4.78. The molecule has 0 N–H and O–H groups in total. The molecule has 1 aromatic rings. The van der Waals surface area contributed by atoms with Crippen LogP contribution in [0.5, 0.6) is 0 Å². The van der Waals surface area contributed by atoms with Crippen LogP contribution in [-0.4, -0.2) is 24.8 Å². The molecule has 1 aliphatic heterocycles. The summed E-state index contributed by atoms with van der Waals surface area (Å²) in [4.78, 5) is 11.9. The van der Waals surface area contributed by atoms with Crippen LogP contribution in [0.25, 0.3) is 5.57 Å². The molecule has 1 aromatic heterocycles. The number of hydrogen-bond donors (Lipinski definition) is 0. The van der Waals surface area contributed by atoms with Crippen LogP contribution in [0, 0.1) is 12.3 Å². The third-order valence-electron chi connectivity index (χ3n) is 4.78. The van der Waals surface area contributed by atoms with Crippen molar-refractivity contribution in [1.29, 1.82) is 0 Å². The summed E-state index contributed by atoms with van der Waals surface area (Å²) in [6, 6.07) is 0. The van der Waals surface area contributed by atoms with Gasteiger partial charge in [0.05, 0.1) is 24.9 Å². The molecule has 100 valence electrons. The normalized spacial score (nSPS) is 31.5. The standard InChI is InChI=1S/C15H16O4/c1-9-8-17-13-11(9)7-15(18-3-4-19-15)14(2)6-10(16)5-12(13)14/h5,8H,3-4,6-7H2,1-2H3. The van der Waals surface area contributed by atoms with Crippen LogP contribution in [0.4, 0.5) is 0 Å². The number of fused-ring (bicyclic) bond motifs is 4. The van der Waals surface area contributed by atoms with Crippen LogP contribution in [-0.2, 0) is 20.7 Å². The average molecular weight is 260 g/mol. The van der Waals surface area contributed by atoms with E-state index in [4.69, 9.17) is 13.9 Å². The third kappa shape index (κ3) is 1.23. The van der Waals surface area contributed by atoms with Gasteiger partial charge in [0.25, 0.3) is 0 Å². The van der Waals surface area contributed by atoms with E-state index in [9.17, 15) is 4.79 Å². The zero-order valence-corrected chi connectivity index (χ0v) is 11.1. The first kappa shape index (κ1) is 11.4. The summed E-state index contributed by atoms with van der Waals surface area (Å²) >= 11 is 0. The second-order valence-electron chi connectivity index (χ2n) is 5.89. The van der Waals surface area contributed by atoms with E-state index in [1.54, 1.807) is 12.3 Å². The van der Waals surface area contributed by atoms with Crippen molar-refractivity contribution in [3.8, 4) is 0 Å². The monoisotopic (exact) mass is 260 g/mol. The lowest BCUT2D eigenvalue weighted by Crippen LogP contribution is -2.51. The number of hydrogen-bond acceptors (Lipinski definition) is 4. The predicted octanol–water partition coefficient (Wildman–Crippen LogP) is 2.25. The lowest BCUT2D eigenvalue weighted by Gasteiger charge is -2.46. The Kier molecular flexibility index (Phi) is 2.03. The van der Waals surface area contributed by atoms with Crippen molar-refractivity contribution in [2.75, 3.05) is 13.2 Å². The van der Waals surface area contributed by atoms with Crippen molar-refractivity contribution in [3.63, 3.8) is 0 Å². The van der Waals surface area contributed by atoms with Crippen LogP contribution in [0.3, 0.4) is 0 Å². The van der Waals surface area contributed by atoms with Gasteiger partial charge in [-0.25, -0.2) is 0 Å². The molecule has 2 heterocycles. The first-order valence-electron chi connectivity index (χ1n) is 6.66. The first-order chi connectivity index (χ1) is 9.06. The molecule has 1 fully saturated rings. The fourth-order valence-corrected chi connectivity index (χ4v) is 3.69. The zero-order valence-electron chi connectivity index (χ0n) is 11.1. The van der Waals surface area contributed by atoms with Gasteiger partial charge in [-0.05, 0) is 25.5 Å². The Morgan fingerprint density at radius 3 is 2.68 bits per heavy atom. The number of aryl methyl sites for hydroxylation is 1. The molecular weight excluding hydrogens is 244 g/mol. The smallest absolute Gasteiger partial charge is 0.182 e. The van der Waals surface area contributed by atoms with Gasteiger partial charge in [-0.1, -0.05) is 0 Å². The minimum atomic E-state index is -0.702. The molecule has 0 saturated carbocycles. The highest BCUT2D eigenvalue weighted by Gasteiger charge is 2.61. The summed E-state index contributed by atoms with van der Waals surface area (Å²) in [5, 5.41) is 0. The highest BCUT2D eigenvalue weighted by molar-refractivity contribution is 6.04. The van der Waals surface area contributed by atoms with E-state index in [0.29, 0.717) is 26.1 Å². The van der Waals surface area contributed by atoms with Gasteiger partial charge in [0, 0.05) is 24.0 Å². The molecule has 0 bridgehead atoms. The first-order valence-corrected chi connectivity index (χ1v) is 6.66. The highest BCUT2D eigenvalue weighted by Crippen LogP contribution is 2.59. The molecule has 19 heavy (non-hydrogen) atoms. The lowest BCUT2D eigenvalue weighted by atomic mass is 9.67. The second kappa shape index (κ2) is 3.38. The van der Waals surface area contributed by atoms with Gasteiger partial charge >= 0.3 is 0 Å². The summed E-state index contributed by atoms with van der Waals surface area (Å²) < 4.78 is 17.6. The quantitative estimate of drug-likeness (QED) is 0.718. The summed E-state index contributed by atoms with van der Waals surface area (Å²) in [6.45, 7) is 5.24. The number of furan rings is 1. The highest BCUT2D eigenvalue weighted by atomic mass is 16.7. The molecule has 0 amide bonds. The van der Waals surface area contributed by atoms with Crippen LogP contribution >= 0.6 is 0 Å². The lowest BCUT2D eigenvalue weighted by molar-refractivity contribution is -0.215.